The lowest BCUT2D eigenvalue weighted by atomic mass is 10.2. The number of hydrogen-bond donors (Lipinski definition) is 0. The molecule has 4 rings (SSSR count). The van der Waals surface area contributed by atoms with Gasteiger partial charge in [-0.25, -0.2) is 0 Å². The number of nitrogens with zero attached hydrogens (tertiary/aromatic N) is 4. The van der Waals surface area contributed by atoms with E-state index >= 15 is 0 Å². The summed E-state index contributed by atoms with van der Waals surface area (Å²) in [5, 5.41) is 8.53. The number of carbonyl (C=O) groups excluding carboxylic acids is 1. The highest BCUT2D eigenvalue weighted by atomic mass is 16.3. The molecule has 2 aromatic heterocycles. The molecule has 1 saturated heterocycles. The third-order valence-corrected chi connectivity index (χ3v) is 4.34. The van der Waals surface area contributed by atoms with Crippen LogP contribution in [0.3, 0.4) is 0 Å². The first-order valence-electron chi connectivity index (χ1n) is 8.28. The monoisotopic (exact) mass is 334 g/mol. The molecule has 1 fully saturated rings. The van der Waals surface area contributed by atoms with Crippen molar-refractivity contribution >= 4 is 11.7 Å². The van der Waals surface area contributed by atoms with Crippen molar-refractivity contribution in [3.8, 4) is 11.5 Å². The molecular formula is C19H18N4O2. The van der Waals surface area contributed by atoms with Gasteiger partial charge < -0.3 is 14.2 Å². The standard InChI is InChI=1S/C19H18N4O2/c24-19(15-5-2-1-3-6-15)23-12-10-22(11-13-23)18-9-8-16(20-21-18)17-7-4-14-25-17/h1-9,14H,10-13H2. The van der Waals surface area contributed by atoms with Gasteiger partial charge in [-0.05, 0) is 36.4 Å². The highest BCUT2D eigenvalue weighted by molar-refractivity contribution is 5.94. The van der Waals surface area contributed by atoms with E-state index in [1.165, 1.54) is 0 Å². The number of carbonyl (C=O) groups is 1. The van der Waals surface area contributed by atoms with Crippen molar-refractivity contribution in [2.75, 3.05) is 31.1 Å². The van der Waals surface area contributed by atoms with Crippen molar-refractivity contribution in [2.24, 2.45) is 0 Å². The van der Waals surface area contributed by atoms with Crippen LogP contribution in [-0.2, 0) is 0 Å². The number of anilines is 1. The number of amides is 1. The van der Waals surface area contributed by atoms with Gasteiger partial charge in [0.25, 0.3) is 5.91 Å². The molecule has 0 spiro atoms. The molecular weight excluding hydrogens is 316 g/mol. The summed E-state index contributed by atoms with van der Waals surface area (Å²) in [7, 11) is 0. The predicted molar refractivity (Wildman–Crippen MR) is 94.3 cm³/mol. The molecule has 3 aromatic rings. The van der Waals surface area contributed by atoms with Crippen LogP contribution in [-0.4, -0.2) is 47.2 Å². The Morgan fingerprint density at radius 1 is 0.880 bits per heavy atom. The van der Waals surface area contributed by atoms with E-state index in [0.29, 0.717) is 24.5 Å². The third kappa shape index (κ3) is 3.24. The molecule has 0 saturated carbocycles. The van der Waals surface area contributed by atoms with Gasteiger partial charge in [-0.2, -0.15) is 0 Å². The fourth-order valence-corrected chi connectivity index (χ4v) is 2.95. The van der Waals surface area contributed by atoms with Crippen molar-refractivity contribution in [1.29, 1.82) is 0 Å². The summed E-state index contributed by atoms with van der Waals surface area (Å²) in [4.78, 5) is 16.5. The molecule has 1 aromatic carbocycles. The minimum Gasteiger partial charge on any atom is -0.463 e. The van der Waals surface area contributed by atoms with Crippen LogP contribution in [0, 0.1) is 0 Å². The van der Waals surface area contributed by atoms with Gasteiger partial charge in [0.2, 0.25) is 0 Å². The number of hydrogen-bond acceptors (Lipinski definition) is 5. The first-order valence-corrected chi connectivity index (χ1v) is 8.28. The Bertz CT molecular complexity index is 824. The maximum atomic E-state index is 12.5. The molecule has 0 radical (unpaired) electrons. The molecule has 1 aliphatic rings. The largest absolute Gasteiger partial charge is 0.463 e. The summed E-state index contributed by atoms with van der Waals surface area (Å²) in [6.45, 7) is 2.84. The van der Waals surface area contributed by atoms with Crippen molar-refractivity contribution in [1.82, 2.24) is 15.1 Å². The lowest BCUT2D eigenvalue weighted by Gasteiger charge is -2.35. The van der Waals surface area contributed by atoms with Crippen molar-refractivity contribution < 1.29 is 9.21 Å². The SMILES string of the molecule is O=C(c1ccccc1)N1CCN(c2ccc(-c3ccco3)nn2)CC1. The summed E-state index contributed by atoms with van der Waals surface area (Å²) < 4.78 is 5.33. The van der Waals surface area contributed by atoms with Gasteiger partial charge in [0, 0.05) is 31.7 Å². The molecule has 1 amide bonds. The zero-order chi connectivity index (χ0) is 17.1. The van der Waals surface area contributed by atoms with Crippen LogP contribution >= 0.6 is 0 Å². The summed E-state index contributed by atoms with van der Waals surface area (Å²) in [6.07, 6.45) is 1.62. The van der Waals surface area contributed by atoms with Crippen molar-refractivity contribution in [2.45, 2.75) is 0 Å². The molecule has 0 aliphatic carbocycles. The second-order valence-electron chi connectivity index (χ2n) is 5.90. The van der Waals surface area contributed by atoms with Gasteiger partial charge >= 0.3 is 0 Å². The highest BCUT2D eigenvalue weighted by Gasteiger charge is 2.23. The number of piperazine rings is 1. The zero-order valence-electron chi connectivity index (χ0n) is 13.7. The topological polar surface area (TPSA) is 62.5 Å². The van der Waals surface area contributed by atoms with Gasteiger partial charge in [0.1, 0.15) is 5.69 Å². The van der Waals surface area contributed by atoms with Crippen molar-refractivity contribution in [3.63, 3.8) is 0 Å². The Hall–Kier alpha value is -3.15. The van der Waals surface area contributed by atoms with Gasteiger partial charge in [0.05, 0.1) is 6.26 Å². The van der Waals surface area contributed by atoms with E-state index in [-0.39, 0.29) is 5.91 Å². The average molecular weight is 334 g/mol. The second-order valence-corrected chi connectivity index (χ2v) is 5.90. The Kier molecular flexibility index (Phi) is 4.16. The van der Waals surface area contributed by atoms with E-state index in [4.69, 9.17) is 4.42 Å². The molecule has 0 unspecified atom stereocenters. The van der Waals surface area contributed by atoms with E-state index in [1.54, 1.807) is 6.26 Å². The van der Waals surface area contributed by atoms with Crippen LogP contribution < -0.4 is 4.90 Å². The maximum Gasteiger partial charge on any atom is 0.253 e. The Morgan fingerprint density at radius 3 is 2.32 bits per heavy atom. The van der Waals surface area contributed by atoms with Crippen molar-refractivity contribution in [3.05, 3.63) is 66.4 Å². The van der Waals surface area contributed by atoms with Crippen LogP contribution in [0.2, 0.25) is 0 Å². The van der Waals surface area contributed by atoms with E-state index in [2.05, 4.69) is 15.1 Å². The summed E-state index contributed by atoms with van der Waals surface area (Å²) in [6, 6.07) is 16.9. The van der Waals surface area contributed by atoms with E-state index < -0.39 is 0 Å². The van der Waals surface area contributed by atoms with Crippen LogP contribution in [0.5, 0.6) is 0 Å². The Labute approximate surface area is 145 Å². The molecule has 3 heterocycles. The Balaban J connectivity index is 1.39. The van der Waals surface area contributed by atoms with E-state index in [1.807, 2.05) is 59.5 Å². The van der Waals surface area contributed by atoms with Gasteiger partial charge in [-0.3, -0.25) is 4.79 Å². The smallest absolute Gasteiger partial charge is 0.253 e. The molecule has 0 N–H and O–H groups in total. The van der Waals surface area contributed by atoms with Crippen LogP contribution in [0.25, 0.3) is 11.5 Å². The molecule has 6 heteroatoms. The van der Waals surface area contributed by atoms with Gasteiger partial charge in [0.15, 0.2) is 11.6 Å². The summed E-state index contributed by atoms with van der Waals surface area (Å²) in [5.41, 5.74) is 1.45. The van der Waals surface area contributed by atoms with Crippen LogP contribution in [0.15, 0.2) is 65.3 Å². The highest BCUT2D eigenvalue weighted by Crippen LogP contribution is 2.20. The number of rotatable bonds is 3. The molecule has 126 valence electrons. The fraction of sp³-hybridized carbons (Fsp3) is 0.211. The lowest BCUT2D eigenvalue weighted by molar-refractivity contribution is 0.0746. The number of benzene rings is 1. The number of aromatic nitrogens is 2. The van der Waals surface area contributed by atoms with Crippen LogP contribution in [0.1, 0.15) is 10.4 Å². The second kappa shape index (κ2) is 6.76. The lowest BCUT2D eigenvalue weighted by Crippen LogP contribution is -2.49. The molecule has 0 bridgehead atoms. The summed E-state index contributed by atoms with van der Waals surface area (Å²) >= 11 is 0. The molecule has 6 nitrogen and oxygen atoms in total. The quantitative estimate of drug-likeness (QED) is 0.737. The minimum atomic E-state index is 0.0829. The number of furan rings is 1. The molecule has 25 heavy (non-hydrogen) atoms. The van der Waals surface area contributed by atoms with Crippen LogP contribution in [0.4, 0.5) is 5.82 Å². The van der Waals surface area contributed by atoms with E-state index in [0.717, 1.165) is 24.5 Å². The van der Waals surface area contributed by atoms with E-state index in [9.17, 15) is 4.79 Å². The third-order valence-electron chi connectivity index (χ3n) is 4.34. The normalized spacial score (nSPS) is 14.6. The van der Waals surface area contributed by atoms with Gasteiger partial charge in [-0.1, -0.05) is 18.2 Å². The zero-order valence-corrected chi connectivity index (χ0v) is 13.7. The molecule has 0 atom stereocenters. The summed E-state index contributed by atoms with van der Waals surface area (Å²) in [5.74, 6) is 1.61. The fourth-order valence-electron chi connectivity index (χ4n) is 2.95. The predicted octanol–water partition coefficient (Wildman–Crippen LogP) is 2.70. The Morgan fingerprint density at radius 2 is 1.68 bits per heavy atom. The molecule has 1 aliphatic heterocycles. The average Bonchev–Trinajstić information content (AvgIpc) is 3.23. The first kappa shape index (κ1) is 15.4. The van der Waals surface area contributed by atoms with Gasteiger partial charge in [-0.15, -0.1) is 10.2 Å². The maximum absolute atomic E-state index is 12.5. The first-order chi connectivity index (χ1) is 12.3. The minimum absolute atomic E-state index is 0.0829.